The summed E-state index contributed by atoms with van der Waals surface area (Å²) in [7, 11) is 3.93. The van der Waals surface area contributed by atoms with Crippen molar-refractivity contribution in [2.75, 3.05) is 38.7 Å². The fourth-order valence-corrected chi connectivity index (χ4v) is 3.64. The molecule has 1 aliphatic rings. The van der Waals surface area contributed by atoms with Gasteiger partial charge in [0.25, 0.3) is 0 Å². The number of methoxy groups -OCH3 is 1. The average Bonchev–Trinajstić information content (AvgIpc) is 3.01. The molecule has 1 fully saturated rings. The molecule has 2 aromatic rings. The van der Waals surface area contributed by atoms with Gasteiger partial charge < -0.3 is 19.5 Å². The molecule has 0 atom stereocenters. The van der Waals surface area contributed by atoms with Gasteiger partial charge in [-0.25, -0.2) is 0 Å². The van der Waals surface area contributed by atoms with E-state index >= 15 is 0 Å². The molecule has 2 heterocycles. The van der Waals surface area contributed by atoms with E-state index < -0.39 is 0 Å². The molecule has 3 rings (SSSR count). The Morgan fingerprint density at radius 3 is 2.46 bits per heavy atom. The lowest BCUT2D eigenvalue weighted by Crippen LogP contribution is -2.52. The lowest BCUT2D eigenvalue weighted by atomic mass is 9.87. The van der Waals surface area contributed by atoms with E-state index in [-0.39, 0.29) is 5.54 Å². The zero-order valence-corrected chi connectivity index (χ0v) is 14.9. The first-order chi connectivity index (χ1) is 11.7. The quantitative estimate of drug-likeness (QED) is 0.847. The molecule has 4 heteroatoms. The zero-order valence-electron chi connectivity index (χ0n) is 14.9. The van der Waals surface area contributed by atoms with Gasteiger partial charge in [-0.2, -0.15) is 0 Å². The molecule has 24 heavy (non-hydrogen) atoms. The van der Waals surface area contributed by atoms with Gasteiger partial charge in [0, 0.05) is 57.8 Å². The van der Waals surface area contributed by atoms with Gasteiger partial charge in [-0.05, 0) is 37.1 Å². The van der Waals surface area contributed by atoms with Crippen molar-refractivity contribution in [1.29, 1.82) is 0 Å². The number of hydrogen-bond donors (Lipinski definition) is 1. The maximum atomic E-state index is 5.54. The first kappa shape index (κ1) is 17.1. The highest BCUT2D eigenvalue weighted by atomic mass is 16.5. The van der Waals surface area contributed by atoms with Crippen molar-refractivity contribution in [2.45, 2.75) is 24.8 Å². The molecule has 0 radical (unpaired) electrons. The molecule has 0 aliphatic carbocycles. The summed E-state index contributed by atoms with van der Waals surface area (Å²) in [5.41, 5.74) is 2.65. The second kappa shape index (κ2) is 7.86. The second-order valence-electron chi connectivity index (χ2n) is 6.91. The second-order valence-corrected chi connectivity index (χ2v) is 6.91. The Balaban J connectivity index is 1.55. The summed E-state index contributed by atoms with van der Waals surface area (Å²) < 4.78 is 7.76. The van der Waals surface area contributed by atoms with Crippen LogP contribution in [0.4, 0.5) is 5.69 Å². The van der Waals surface area contributed by atoms with Gasteiger partial charge in [-0.1, -0.05) is 18.2 Å². The third-order valence-corrected chi connectivity index (χ3v) is 5.15. The number of nitrogens with one attached hydrogen (secondary N) is 1. The summed E-state index contributed by atoms with van der Waals surface area (Å²) in [5.74, 6) is 0. The monoisotopic (exact) mass is 327 g/mol. The Hall–Kier alpha value is -1.78. The smallest absolute Gasteiger partial charge is 0.0693 e. The minimum absolute atomic E-state index is 0.0532. The van der Waals surface area contributed by atoms with Crippen LogP contribution >= 0.6 is 0 Å². The lowest BCUT2D eigenvalue weighted by Gasteiger charge is -2.42. The van der Waals surface area contributed by atoms with Crippen LogP contribution in [-0.2, 0) is 18.2 Å². The van der Waals surface area contributed by atoms with Crippen LogP contribution < -0.4 is 5.32 Å². The molecule has 1 aliphatic heterocycles. The molecular weight excluding hydrogens is 298 g/mol. The SMILES string of the molecule is COCC1(Nc2ccccc2)CCN(CCc2cccn2C)CC1. The van der Waals surface area contributed by atoms with Crippen LogP contribution in [0.5, 0.6) is 0 Å². The summed E-state index contributed by atoms with van der Waals surface area (Å²) >= 11 is 0. The van der Waals surface area contributed by atoms with Crippen molar-refractivity contribution in [2.24, 2.45) is 7.05 Å². The first-order valence-electron chi connectivity index (χ1n) is 8.85. The highest BCUT2D eigenvalue weighted by molar-refractivity contribution is 5.45. The summed E-state index contributed by atoms with van der Waals surface area (Å²) in [5, 5.41) is 3.74. The van der Waals surface area contributed by atoms with E-state index in [9.17, 15) is 0 Å². The lowest BCUT2D eigenvalue weighted by molar-refractivity contribution is 0.0889. The van der Waals surface area contributed by atoms with Gasteiger partial charge in [-0.15, -0.1) is 0 Å². The van der Waals surface area contributed by atoms with Crippen molar-refractivity contribution < 1.29 is 4.74 Å². The van der Waals surface area contributed by atoms with Gasteiger partial charge in [0.2, 0.25) is 0 Å². The number of para-hydroxylation sites is 1. The van der Waals surface area contributed by atoms with Crippen LogP contribution in [0.15, 0.2) is 48.7 Å². The molecule has 0 spiro atoms. The Morgan fingerprint density at radius 2 is 1.83 bits per heavy atom. The molecule has 0 amide bonds. The first-order valence-corrected chi connectivity index (χ1v) is 8.85. The maximum absolute atomic E-state index is 5.54. The zero-order chi connectivity index (χ0) is 16.8. The third kappa shape index (κ3) is 4.19. The molecule has 0 saturated carbocycles. The van der Waals surface area contributed by atoms with Gasteiger partial charge in [0.15, 0.2) is 0 Å². The fraction of sp³-hybridized carbons (Fsp3) is 0.500. The van der Waals surface area contributed by atoms with E-state index in [4.69, 9.17) is 4.74 Å². The standard InChI is InChI=1S/C20H29N3O/c1-22-13-6-9-19(22)10-14-23-15-11-20(12-16-23,17-24-2)21-18-7-4-3-5-8-18/h3-9,13,21H,10-12,14-17H2,1-2H3. The predicted octanol–water partition coefficient (Wildman–Crippen LogP) is 3.16. The topological polar surface area (TPSA) is 29.4 Å². The Morgan fingerprint density at radius 1 is 1.08 bits per heavy atom. The number of piperidine rings is 1. The van der Waals surface area contributed by atoms with Crippen molar-refractivity contribution >= 4 is 5.69 Å². The van der Waals surface area contributed by atoms with E-state index in [2.05, 4.69) is 70.5 Å². The van der Waals surface area contributed by atoms with Crippen LogP contribution in [0, 0.1) is 0 Å². The van der Waals surface area contributed by atoms with Crippen molar-refractivity contribution in [3.05, 3.63) is 54.4 Å². The van der Waals surface area contributed by atoms with E-state index in [0.29, 0.717) is 0 Å². The van der Waals surface area contributed by atoms with E-state index in [1.54, 1.807) is 7.11 Å². The minimum Gasteiger partial charge on any atom is -0.382 e. The number of rotatable bonds is 7. The molecule has 4 nitrogen and oxygen atoms in total. The van der Waals surface area contributed by atoms with Gasteiger partial charge in [-0.3, -0.25) is 0 Å². The molecule has 1 saturated heterocycles. The number of nitrogens with zero attached hydrogens (tertiary/aromatic N) is 2. The normalized spacial score (nSPS) is 17.8. The number of aromatic nitrogens is 1. The van der Waals surface area contributed by atoms with Gasteiger partial charge in [0.05, 0.1) is 12.1 Å². The van der Waals surface area contributed by atoms with Gasteiger partial charge >= 0.3 is 0 Å². The molecule has 0 unspecified atom stereocenters. The molecule has 1 N–H and O–H groups in total. The van der Waals surface area contributed by atoms with Crippen molar-refractivity contribution in [1.82, 2.24) is 9.47 Å². The summed E-state index contributed by atoms with van der Waals surface area (Å²) in [4.78, 5) is 2.58. The molecule has 130 valence electrons. The van der Waals surface area contributed by atoms with Gasteiger partial charge in [0.1, 0.15) is 0 Å². The Bertz CT molecular complexity index is 615. The number of ether oxygens (including phenoxy) is 1. The van der Waals surface area contributed by atoms with E-state index in [1.807, 2.05) is 0 Å². The fourth-order valence-electron chi connectivity index (χ4n) is 3.64. The van der Waals surface area contributed by atoms with Crippen molar-refractivity contribution in [3.8, 4) is 0 Å². The van der Waals surface area contributed by atoms with Crippen LogP contribution in [0.1, 0.15) is 18.5 Å². The van der Waals surface area contributed by atoms with Crippen LogP contribution in [-0.4, -0.2) is 48.4 Å². The average molecular weight is 327 g/mol. The van der Waals surface area contributed by atoms with Crippen LogP contribution in [0.2, 0.25) is 0 Å². The number of anilines is 1. The maximum Gasteiger partial charge on any atom is 0.0693 e. The van der Waals surface area contributed by atoms with E-state index in [1.165, 1.54) is 11.4 Å². The number of likely N-dealkylation sites (tertiary alicyclic amines) is 1. The summed E-state index contributed by atoms with van der Waals surface area (Å²) in [6.45, 7) is 4.13. The van der Waals surface area contributed by atoms with Crippen molar-refractivity contribution in [3.63, 3.8) is 0 Å². The third-order valence-electron chi connectivity index (χ3n) is 5.15. The number of benzene rings is 1. The Kier molecular flexibility index (Phi) is 5.59. The molecule has 1 aromatic heterocycles. The summed E-state index contributed by atoms with van der Waals surface area (Å²) in [6.07, 6.45) is 5.47. The predicted molar refractivity (Wildman–Crippen MR) is 99.5 cm³/mol. The molecular formula is C20H29N3O. The Labute approximate surface area is 145 Å². The van der Waals surface area contributed by atoms with Crippen LogP contribution in [0.25, 0.3) is 0 Å². The number of hydrogen-bond acceptors (Lipinski definition) is 3. The van der Waals surface area contributed by atoms with Crippen LogP contribution in [0.3, 0.4) is 0 Å². The summed E-state index contributed by atoms with van der Waals surface area (Å²) in [6, 6.07) is 14.8. The highest BCUT2D eigenvalue weighted by Gasteiger charge is 2.34. The minimum atomic E-state index is 0.0532. The largest absolute Gasteiger partial charge is 0.382 e. The van der Waals surface area contributed by atoms with E-state index in [0.717, 1.165) is 45.5 Å². The number of aryl methyl sites for hydroxylation is 1. The highest BCUT2D eigenvalue weighted by Crippen LogP contribution is 2.27. The molecule has 0 bridgehead atoms. The molecule has 1 aromatic carbocycles.